The smallest absolute Gasteiger partial charge is 0.234 e. The second-order valence-electron chi connectivity index (χ2n) is 3.85. The van der Waals surface area contributed by atoms with Crippen molar-refractivity contribution < 1.29 is 4.79 Å². The number of carbonyl (C=O) groups is 1. The van der Waals surface area contributed by atoms with E-state index >= 15 is 0 Å². The van der Waals surface area contributed by atoms with E-state index in [1.54, 1.807) is 7.05 Å². The lowest BCUT2D eigenvalue weighted by molar-refractivity contribution is -0.119. The minimum atomic E-state index is -0.259. The van der Waals surface area contributed by atoms with E-state index in [9.17, 15) is 4.79 Å². The Morgan fingerprint density at radius 2 is 2.00 bits per heavy atom. The van der Waals surface area contributed by atoms with Crippen LogP contribution in [0.25, 0.3) is 0 Å². The van der Waals surface area contributed by atoms with Crippen LogP contribution in [0.15, 0.2) is 0 Å². The fourth-order valence-electron chi connectivity index (χ4n) is 0.993. The molecule has 0 aromatic heterocycles. The number of hydrogen-bond donors (Lipinski definition) is 2. The normalized spacial score (nSPS) is 15.5. The highest BCUT2D eigenvalue weighted by Crippen LogP contribution is 2.19. The fraction of sp³-hybridized carbons (Fsp3) is 0.900. The van der Waals surface area contributed by atoms with Crippen molar-refractivity contribution in [1.29, 1.82) is 0 Å². The Bertz CT molecular complexity index is 174. The van der Waals surface area contributed by atoms with Crippen molar-refractivity contribution >= 4 is 17.7 Å². The minimum absolute atomic E-state index is 0.179. The summed E-state index contributed by atoms with van der Waals surface area (Å²) in [6.45, 7) is 6.64. The summed E-state index contributed by atoms with van der Waals surface area (Å²) in [5.74, 6) is 1.40. The average Bonchev–Trinajstić information content (AvgIpc) is 2.11. The minimum Gasteiger partial charge on any atom is -0.368 e. The highest BCUT2D eigenvalue weighted by molar-refractivity contribution is 7.99. The van der Waals surface area contributed by atoms with Gasteiger partial charge in [-0.15, -0.1) is 0 Å². The topological polar surface area (TPSA) is 55.1 Å². The number of nitrogens with two attached hydrogens (primary N) is 1. The summed E-state index contributed by atoms with van der Waals surface area (Å²) < 4.78 is 0. The Hall–Kier alpha value is -0.220. The van der Waals surface area contributed by atoms with Gasteiger partial charge in [-0.3, -0.25) is 4.79 Å². The molecule has 0 heterocycles. The number of carbonyl (C=O) groups excluding carboxylic acids is 1. The molecule has 0 saturated carbocycles. The molecule has 0 aliphatic rings. The molecular weight excluding hydrogens is 196 g/mol. The van der Waals surface area contributed by atoms with Crippen LogP contribution in [0.3, 0.4) is 0 Å². The van der Waals surface area contributed by atoms with Crippen molar-refractivity contribution in [3.63, 3.8) is 0 Å². The first kappa shape index (κ1) is 13.8. The maximum atomic E-state index is 10.9. The van der Waals surface area contributed by atoms with Gasteiger partial charge in [0.25, 0.3) is 0 Å². The third-order valence-corrected chi connectivity index (χ3v) is 3.96. The largest absolute Gasteiger partial charge is 0.368 e. The molecule has 2 atom stereocenters. The molecule has 0 radical (unpaired) electrons. The Kier molecular flexibility index (Phi) is 7.01. The van der Waals surface area contributed by atoms with E-state index in [4.69, 9.17) is 5.73 Å². The van der Waals surface area contributed by atoms with Gasteiger partial charge in [-0.2, -0.15) is 11.8 Å². The standard InChI is InChI=1S/C10H22N2OS/c1-7(2)8(3)14-6-5-9(12-4)10(11)13/h7-9,12H,5-6H2,1-4H3,(H2,11,13). The number of rotatable bonds is 7. The number of hydrogen-bond acceptors (Lipinski definition) is 3. The van der Waals surface area contributed by atoms with Gasteiger partial charge in [0.15, 0.2) is 0 Å². The van der Waals surface area contributed by atoms with E-state index in [1.165, 1.54) is 0 Å². The van der Waals surface area contributed by atoms with Crippen LogP contribution in [0.5, 0.6) is 0 Å². The van der Waals surface area contributed by atoms with E-state index in [2.05, 4.69) is 26.1 Å². The molecule has 0 aromatic carbocycles. The molecule has 0 spiro atoms. The van der Waals surface area contributed by atoms with E-state index in [0.717, 1.165) is 12.2 Å². The average molecular weight is 218 g/mol. The number of nitrogens with one attached hydrogen (secondary N) is 1. The van der Waals surface area contributed by atoms with Crippen LogP contribution in [0.2, 0.25) is 0 Å². The lowest BCUT2D eigenvalue weighted by Crippen LogP contribution is -2.39. The maximum Gasteiger partial charge on any atom is 0.234 e. The Morgan fingerprint density at radius 3 is 2.36 bits per heavy atom. The maximum absolute atomic E-state index is 10.9. The van der Waals surface area contributed by atoms with Crippen molar-refractivity contribution in [3.05, 3.63) is 0 Å². The Labute approximate surface area is 91.2 Å². The summed E-state index contributed by atoms with van der Waals surface area (Å²) in [6, 6.07) is -0.179. The van der Waals surface area contributed by atoms with Gasteiger partial charge in [0.1, 0.15) is 0 Å². The van der Waals surface area contributed by atoms with Gasteiger partial charge < -0.3 is 11.1 Å². The van der Waals surface area contributed by atoms with Gasteiger partial charge in [-0.25, -0.2) is 0 Å². The first-order valence-electron chi connectivity index (χ1n) is 5.07. The summed E-state index contributed by atoms with van der Waals surface area (Å²) >= 11 is 1.90. The molecule has 4 heteroatoms. The van der Waals surface area contributed by atoms with Gasteiger partial charge in [0.05, 0.1) is 6.04 Å². The van der Waals surface area contributed by atoms with E-state index in [1.807, 2.05) is 11.8 Å². The van der Waals surface area contributed by atoms with E-state index in [0.29, 0.717) is 11.2 Å². The van der Waals surface area contributed by atoms with Crippen LogP contribution in [0.4, 0.5) is 0 Å². The summed E-state index contributed by atoms with van der Waals surface area (Å²) in [6.07, 6.45) is 0.813. The van der Waals surface area contributed by atoms with Crippen molar-refractivity contribution in [1.82, 2.24) is 5.32 Å². The predicted molar refractivity (Wildman–Crippen MR) is 63.4 cm³/mol. The van der Waals surface area contributed by atoms with Gasteiger partial charge in [-0.1, -0.05) is 20.8 Å². The predicted octanol–water partition coefficient (Wildman–Crippen LogP) is 1.23. The van der Waals surface area contributed by atoms with Crippen molar-refractivity contribution in [2.75, 3.05) is 12.8 Å². The molecule has 0 aliphatic carbocycles. The first-order valence-corrected chi connectivity index (χ1v) is 6.12. The number of primary amides is 1. The molecule has 0 fully saturated rings. The molecule has 0 aromatic rings. The second kappa shape index (κ2) is 7.12. The van der Waals surface area contributed by atoms with Crippen LogP contribution in [-0.2, 0) is 4.79 Å². The van der Waals surface area contributed by atoms with Gasteiger partial charge in [0.2, 0.25) is 5.91 Å². The van der Waals surface area contributed by atoms with Crippen LogP contribution in [-0.4, -0.2) is 30.0 Å². The molecule has 3 N–H and O–H groups in total. The summed E-state index contributed by atoms with van der Waals surface area (Å²) in [5, 5.41) is 3.56. The Balaban J connectivity index is 3.66. The highest BCUT2D eigenvalue weighted by atomic mass is 32.2. The molecule has 1 amide bonds. The number of likely N-dealkylation sites (N-methyl/N-ethyl adjacent to an activating group) is 1. The fourth-order valence-corrected chi connectivity index (χ4v) is 2.12. The zero-order chi connectivity index (χ0) is 11.1. The number of thioether (sulfide) groups is 1. The van der Waals surface area contributed by atoms with Gasteiger partial charge >= 0.3 is 0 Å². The van der Waals surface area contributed by atoms with Crippen LogP contribution < -0.4 is 11.1 Å². The number of amides is 1. The quantitative estimate of drug-likeness (QED) is 0.676. The van der Waals surface area contributed by atoms with Crippen LogP contribution in [0, 0.1) is 5.92 Å². The SMILES string of the molecule is CNC(CCSC(C)C(C)C)C(N)=O. The van der Waals surface area contributed by atoms with Gasteiger partial charge in [-0.05, 0) is 25.1 Å². The van der Waals surface area contributed by atoms with Crippen molar-refractivity contribution in [2.24, 2.45) is 11.7 Å². The molecule has 3 nitrogen and oxygen atoms in total. The van der Waals surface area contributed by atoms with Crippen molar-refractivity contribution in [2.45, 2.75) is 38.5 Å². The third-order valence-electron chi connectivity index (χ3n) is 2.42. The molecular formula is C10H22N2OS. The molecule has 0 bridgehead atoms. The molecule has 0 rings (SSSR count). The molecule has 14 heavy (non-hydrogen) atoms. The summed E-state index contributed by atoms with van der Waals surface area (Å²) in [4.78, 5) is 10.9. The Morgan fingerprint density at radius 1 is 1.43 bits per heavy atom. The van der Waals surface area contributed by atoms with E-state index < -0.39 is 0 Å². The molecule has 0 aliphatic heterocycles. The lowest BCUT2D eigenvalue weighted by Gasteiger charge is -2.17. The second-order valence-corrected chi connectivity index (χ2v) is 5.34. The summed E-state index contributed by atoms with van der Waals surface area (Å²) in [5.41, 5.74) is 5.21. The first-order chi connectivity index (χ1) is 6.49. The highest BCUT2D eigenvalue weighted by Gasteiger charge is 2.13. The summed E-state index contributed by atoms with van der Waals surface area (Å²) in [7, 11) is 1.77. The molecule has 84 valence electrons. The third kappa shape index (κ3) is 5.50. The van der Waals surface area contributed by atoms with Gasteiger partial charge in [0, 0.05) is 5.25 Å². The van der Waals surface area contributed by atoms with E-state index in [-0.39, 0.29) is 11.9 Å². The monoisotopic (exact) mass is 218 g/mol. The zero-order valence-electron chi connectivity index (χ0n) is 9.54. The zero-order valence-corrected chi connectivity index (χ0v) is 10.4. The molecule has 0 saturated heterocycles. The molecule has 2 unspecified atom stereocenters. The van der Waals surface area contributed by atoms with Crippen molar-refractivity contribution in [3.8, 4) is 0 Å². The van der Waals surface area contributed by atoms with Crippen LogP contribution >= 0.6 is 11.8 Å². The van der Waals surface area contributed by atoms with Crippen LogP contribution in [0.1, 0.15) is 27.2 Å². The lowest BCUT2D eigenvalue weighted by atomic mass is 10.2.